The quantitative estimate of drug-likeness (QED) is 0.728. The van der Waals surface area contributed by atoms with E-state index in [1.165, 1.54) is 25.7 Å². The predicted molar refractivity (Wildman–Crippen MR) is 60.3 cm³/mol. The molecule has 2 atom stereocenters. The van der Waals surface area contributed by atoms with Gasteiger partial charge in [-0.25, -0.2) is 0 Å². The molecule has 1 fully saturated rings. The molecule has 0 saturated heterocycles. The van der Waals surface area contributed by atoms with E-state index in [2.05, 4.69) is 26.1 Å². The lowest BCUT2D eigenvalue weighted by atomic mass is 9.75. The summed E-state index contributed by atoms with van der Waals surface area (Å²) in [4.78, 5) is 0. The molecule has 0 radical (unpaired) electrons. The molecule has 0 aromatic carbocycles. The van der Waals surface area contributed by atoms with Gasteiger partial charge in [0.25, 0.3) is 0 Å². The lowest BCUT2D eigenvalue weighted by molar-refractivity contribution is 0.182. The highest BCUT2D eigenvalue weighted by Gasteiger charge is 2.28. The van der Waals surface area contributed by atoms with E-state index in [1.54, 1.807) is 0 Å². The fraction of sp³-hybridized carbons (Fsp3) is 1.00. The van der Waals surface area contributed by atoms with Crippen LogP contribution >= 0.6 is 0 Å². The fourth-order valence-electron chi connectivity index (χ4n) is 2.52. The van der Waals surface area contributed by atoms with Crippen molar-refractivity contribution in [1.82, 2.24) is 5.32 Å². The molecule has 1 rings (SSSR count). The Labute approximate surface area is 88.1 Å². The van der Waals surface area contributed by atoms with E-state index in [1.807, 2.05) is 0 Å². The van der Waals surface area contributed by atoms with Crippen LogP contribution in [-0.4, -0.2) is 23.8 Å². The summed E-state index contributed by atoms with van der Waals surface area (Å²) < 4.78 is 0. The first-order valence-electron chi connectivity index (χ1n) is 5.90. The summed E-state index contributed by atoms with van der Waals surface area (Å²) in [6.45, 7) is 7.18. The molecular formula is C12H25NO. The van der Waals surface area contributed by atoms with Gasteiger partial charge in [0.1, 0.15) is 0 Å². The lowest BCUT2D eigenvalue weighted by Gasteiger charge is -2.37. The van der Waals surface area contributed by atoms with Crippen LogP contribution in [0, 0.1) is 5.41 Å². The summed E-state index contributed by atoms with van der Waals surface area (Å²) in [5.74, 6) is 0. The highest BCUT2D eigenvalue weighted by atomic mass is 16.3. The summed E-state index contributed by atoms with van der Waals surface area (Å²) in [6, 6.07) is 1.12. The Balaban J connectivity index is 2.30. The molecule has 0 aromatic heterocycles. The first-order chi connectivity index (χ1) is 6.53. The van der Waals surface area contributed by atoms with Gasteiger partial charge in [-0.3, -0.25) is 0 Å². The van der Waals surface area contributed by atoms with E-state index in [9.17, 15) is 0 Å². The molecule has 84 valence electrons. The minimum Gasteiger partial charge on any atom is -0.396 e. The highest BCUT2D eigenvalue weighted by Crippen LogP contribution is 2.35. The Hall–Kier alpha value is -0.0800. The van der Waals surface area contributed by atoms with Gasteiger partial charge in [0, 0.05) is 18.7 Å². The van der Waals surface area contributed by atoms with Crippen molar-refractivity contribution in [3.63, 3.8) is 0 Å². The topological polar surface area (TPSA) is 32.3 Å². The minimum absolute atomic E-state index is 0.296. The molecule has 0 aromatic rings. The van der Waals surface area contributed by atoms with Crippen molar-refractivity contribution in [2.45, 2.75) is 65.0 Å². The van der Waals surface area contributed by atoms with Gasteiger partial charge in [0.15, 0.2) is 0 Å². The van der Waals surface area contributed by atoms with Crippen molar-refractivity contribution in [2.24, 2.45) is 5.41 Å². The number of rotatable bonds is 4. The molecule has 1 aliphatic rings. The third-order valence-corrected chi connectivity index (χ3v) is 3.29. The van der Waals surface area contributed by atoms with Crippen LogP contribution < -0.4 is 5.32 Å². The Kier molecular flexibility index (Phi) is 4.39. The fourth-order valence-corrected chi connectivity index (χ4v) is 2.52. The van der Waals surface area contributed by atoms with Crippen LogP contribution in [0.2, 0.25) is 0 Å². The zero-order valence-corrected chi connectivity index (χ0v) is 9.84. The maximum atomic E-state index is 8.83. The summed E-state index contributed by atoms with van der Waals surface area (Å²) >= 11 is 0. The molecule has 1 aliphatic carbocycles. The van der Waals surface area contributed by atoms with Crippen LogP contribution in [0.1, 0.15) is 52.9 Å². The van der Waals surface area contributed by atoms with Crippen LogP contribution in [0.15, 0.2) is 0 Å². The molecule has 0 heterocycles. The second kappa shape index (κ2) is 5.13. The number of hydrogen-bond acceptors (Lipinski definition) is 2. The maximum Gasteiger partial charge on any atom is 0.0445 e. The summed E-state index contributed by atoms with van der Waals surface area (Å²) in [5.41, 5.74) is 0.509. The Morgan fingerprint density at radius 2 is 2.21 bits per heavy atom. The van der Waals surface area contributed by atoms with Gasteiger partial charge in [0.05, 0.1) is 0 Å². The largest absolute Gasteiger partial charge is 0.396 e. The number of hydrogen-bond donors (Lipinski definition) is 2. The molecule has 2 N–H and O–H groups in total. The van der Waals surface area contributed by atoms with Crippen LogP contribution in [0.3, 0.4) is 0 Å². The van der Waals surface area contributed by atoms with Gasteiger partial charge in [-0.05, 0) is 38.0 Å². The predicted octanol–water partition coefficient (Wildman–Crippen LogP) is 2.32. The molecule has 2 unspecified atom stereocenters. The zero-order valence-electron chi connectivity index (χ0n) is 9.84. The Bertz CT molecular complexity index is 168. The zero-order chi connectivity index (χ0) is 10.6. The van der Waals surface area contributed by atoms with Crippen LogP contribution in [0.4, 0.5) is 0 Å². The molecule has 2 heteroatoms. The summed E-state index contributed by atoms with van der Waals surface area (Å²) in [7, 11) is 0. The van der Waals surface area contributed by atoms with Crippen molar-refractivity contribution in [2.75, 3.05) is 6.61 Å². The molecule has 0 bridgehead atoms. The molecule has 1 saturated carbocycles. The van der Waals surface area contributed by atoms with Crippen LogP contribution in [0.5, 0.6) is 0 Å². The third kappa shape index (κ3) is 3.97. The van der Waals surface area contributed by atoms with Crippen molar-refractivity contribution >= 4 is 0 Å². The van der Waals surface area contributed by atoms with Crippen molar-refractivity contribution in [3.8, 4) is 0 Å². The minimum atomic E-state index is 0.296. The molecule has 2 nitrogen and oxygen atoms in total. The first kappa shape index (κ1) is 12.0. The van der Waals surface area contributed by atoms with Gasteiger partial charge in [-0.1, -0.05) is 20.3 Å². The number of nitrogens with one attached hydrogen (secondary N) is 1. The second-order valence-electron chi connectivity index (χ2n) is 5.54. The monoisotopic (exact) mass is 199 g/mol. The van der Waals surface area contributed by atoms with E-state index < -0.39 is 0 Å². The maximum absolute atomic E-state index is 8.83. The number of aliphatic hydroxyl groups excluding tert-OH is 1. The molecule has 14 heavy (non-hydrogen) atoms. The normalized spacial score (nSPS) is 28.7. The van der Waals surface area contributed by atoms with Crippen LogP contribution in [0.25, 0.3) is 0 Å². The van der Waals surface area contributed by atoms with Crippen molar-refractivity contribution in [1.29, 1.82) is 0 Å². The van der Waals surface area contributed by atoms with E-state index in [-0.39, 0.29) is 0 Å². The second-order valence-corrected chi connectivity index (χ2v) is 5.54. The molecule has 0 aliphatic heterocycles. The highest BCUT2D eigenvalue weighted by molar-refractivity contribution is 4.84. The average molecular weight is 199 g/mol. The third-order valence-electron chi connectivity index (χ3n) is 3.29. The standard InChI is InChI=1S/C12H25NO/c1-10(6-8-14)13-11-5-4-7-12(2,3)9-11/h10-11,13-14H,4-9H2,1-3H3. The van der Waals surface area contributed by atoms with E-state index in [4.69, 9.17) is 5.11 Å². The van der Waals surface area contributed by atoms with E-state index in [0.717, 1.165) is 6.42 Å². The van der Waals surface area contributed by atoms with E-state index >= 15 is 0 Å². The van der Waals surface area contributed by atoms with Gasteiger partial charge < -0.3 is 10.4 Å². The smallest absolute Gasteiger partial charge is 0.0445 e. The SMILES string of the molecule is CC(CCO)NC1CCCC(C)(C)C1. The van der Waals surface area contributed by atoms with Gasteiger partial charge >= 0.3 is 0 Å². The Morgan fingerprint density at radius 1 is 1.50 bits per heavy atom. The van der Waals surface area contributed by atoms with Crippen molar-refractivity contribution < 1.29 is 5.11 Å². The number of aliphatic hydroxyl groups is 1. The van der Waals surface area contributed by atoms with Gasteiger partial charge in [0.2, 0.25) is 0 Å². The van der Waals surface area contributed by atoms with Gasteiger partial charge in [-0.15, -0.1) is 0 Å². The average Bonchev–Trinajstić information content (AvgIpc) is 2.02. The lowest BCUT2D eigenvalue weighted by Crippen LogP contribution is -2.42. The first-order valence-corrected chi connectivity index (χ1v) is 5.90. The molecular weight excluding hydrogens is 174 g/mol. The summed E-state index contributed by atoms with van der Waals surface area (Å²) in [6.07, 6.45) is 6.16. The molecule has 0 amide bonds. The Morgan fingerprint density at radius 3 is 2.79 bits per heavy atom. The van der Waals surface area contributed by atoms with E-state index in [0.29, 0.717) is 24.1 Å². The van der Waals surface area contributed by atoms with Gasteiger partial charge in [-0.2, -0.15) is 0 Å². The molecule has 0 spiro atoms. The van der Waals surface area contributed by atoms with Crippen LogP contribution in [-0.2, 0) is 0 Å². The summed E-state index contributed by atoms with van der Waals surface area (Å²) in [5, 5.41) is 12.4. The van der Waals surface area contributed by atoms with Crippen molar-refractivity contribution in [3.05, 3.63) is 0 Å².